The fourth-order valence-electron chi connectivity index (χ4n) is 3.14. The van der Waals surface area contributed by atoms with Gasteiger partial charge in [-0.25, -0.2) is 9.97 Å². The molecule has 2 unspecified atom stereocenters. The van der Waals surface area contributed by atoms with Crippen LogP contribution < -0.4 is 10.1 Å². The number of hydrogen-bond donors (Lipinski definition) is 2. The lowest BCUT2D eigenvalue weighted by Gasteiger charge is -2.16. The monoisotopic (exact) mass is 451 g/mol. The van der Waals surface area contributed by atoms with Gasteiger partial charge in [-0.1, -0.05) is 35.5 Å². The Morgan fingerprint density at radius 2 is 2.03 bits per heavy atom. The highest BCUT2D eigenvalue weighted by atomic mass is 16.5. The van der Waals surface area contributed by atoms with Crippen LogP contribution in [0.25, 0.3) is 0 Å². The number of nitriles is 1. The molecule has 2 aromatic heterocycles. The van der Waals surface area contributed by atoms with Gasteiger partial charge in [0.1, 0.15) is 18.5 Å². The molecule has 0 aliphatic heterocycles. The van der Waals surface area contributed by atoms with Crippen LogP contribution in [0.4, 0.5) is 5.95 Å². The molecule has 0 spiro atoms. The third-order valence-corrected chi connectivity index (χ3v) is 4.95. The minimum atomic E-state index is -1.41. The standard InChI is InChI=1S/C23H25N5O5/c1-15-18(13-26-33-15)21(29)17(12-24)22(30)28-23-25-14-20(32-11-10-31-2)19(27-23)9-8-16-6-4-3-5-7-16/h3-7,13-14,17,21,29H,8-11H2,1-2H3,(H,25,27,28,30). The third-order valence-electron chi connectivity index (χ3n) is 4.95. The number of aliphatic hydroxyl groups is 1. The molecule has 0 saturated carbocycles. The molecular formula is C23H25N5O5. The Morgan fingerprint density at radius 1 is 1.24 bits per heavy atom. The van der Waals surface area contributed by atoms with E-state index in [1.165, 1.54) is 12.4 Å². The fraction of sp³-hybridized carbons (Fsp3) is 0.348. The number of aliphatic hydroxyl groups excluding tert-OH is 1. The van der Waals surface area contributed by atoms with E-state index in [0.29, 0.717) is 43.3 Å². The van der Waals surface area contributed by atoms with E-state index in [1.807, 2.05) is 36.4 Å². The van der Waals surface area contributed by atoms with E-state index < -0.39 is 17.9 Å². The summed E-state index contributed by atoms with van der Waals surface area (Å²) in [6.07, 6.45) is 2.60. The van der Waals surface area contributed by atoms with Crippen LogP contribution in [0.3, 0.4) is 0 Å². The minimum Gasteiger partial charge on any atom is -0.488 e. The SMILES string of the molecule is COCCOc1cnc(NC(=O)C(C#N)C(O)c2cnoc2C)nc1CCc1ccccc1. The van der Waals surface area contributed by atoms with Gasteiger partial charge in [0.25, 0.3) is 0 Å². The van der Waals surface area contributed by atoms with Crippen molar-refractivity contribution in [1.29, 1.82) is 5.26 Å². The van der Waals surface area contributed by atoms with Crippen LogP contribution in [0.2, 0.25) is 0 Å². The first kappa shape index (κ1) is 23.8. The molecule has 3 rings (SSSR count). The average Bonchev–Trinajstić information content (AvgIpc) is 3.26. The number of hydrogen-bond acceptors (Lipinski definition) is 9. The molecule has 172 valence electrons. The zero-order valence-electron chi connectivity index (χ0n) is 18.4. The molecule has 0 radical (unpaired) electrons. The predicted molar refractivity (Wildman–Crippen MR) is 117 cm³/mol. The minimum absolute atomic E-state index is 0.0108. The van der Waals surface area contributed by atoms with E-state index in [4.69, 9.17) is 14.0 Å². The Balaban J connectivity index is 1.76. The molecule has 0 aliphatic rings. The first-order chi connectivity index (χ1) is 16.0. The summed E-state index contributed by atoms with van der Waals surface area (Å²) < 4.78 is 15.7. The Kier molecular flexibility index (Phi) is 8.46. The van der Waals surface area contributed by atoms with Crippen LogP contribution in [0.1, 0.15) is 28.7 Å². The second-order valence-corrected chi connectivity index (χ2v) is 7.21. The summed E-state index contributed by atoms with van der Waals surface area (Å²) in [5.41, 5.74) is 1.99. The van der Waals surface area contributed by atoms with Gasteiger partial charge >= 0.3 is 0 Å². The largest absolute Gasteiger partial charge is 0.488 e. The lowest BCUT2D eigenvalue weighted by atomic mass is 9.97. The van der Waals surface area contributed by atoms with Gasteiger partial charge in [0.2, 0.25) is 11.9 Å². The average molecular weight is 451 g/mol. The summed E-state index contributed by atoms with van der Waals surface area (Å²) in [5.74, 6) is -1.33. The van der Waals surface area contributed by atoms with Crippen molar-refractivity contribution >= 4 is 11.9 Å². The number of aryl methyl sites for hydroxylation is 3. The van der Waals surface area contributed by atoms with Gasteiger partial charge in [0.15, 0.2) is 11.7 Å². The summed E-state index contributed by atoms with van der Waals surface area (Å²) in [6, 6.07) is 11.7. The molecule has 1 amide bonds. The number of rotatable bonds is 11. The number of ether oxygens (including phenoxy) is 2. The van der Waals surface area contributed by atoms with Crippen LogP contribution in [-0.4, -0.2) is 46.5 Å². The highest BCUT2D eigenvalue weighted by molar-refractivity contribution is 5.93. The maximum absolute atomic E-state index is 12.7. The van der Waals surface area contributed by atoms with Crippen molar-refractivity contribution in [3.05, 3.63) is 65.3 Å². The number of methoxy groups -OCH3 is 1. The lowest BCUT2D eigenvalue weighted by molar-refractivity contribution is -0.121. The first-order valence-corrected chi connectivity index (χ1v) is 10.3. The zero-order valence-corrected chi connectivity index (χ0v) is 18.4. The van der Waals surface area contributed by atoms with Gasteiger partial charge in [-0.3, -0.25) is 10.1 Å². The van der Waals surface area contributed by atoms with E-state index in [1.54, 1.807) is 14.0 Å². The molecule has 0 saturated heterocycles. The molecule has 0 aliphatic carbocycles. The van der Waals surface area contributed by atoms with Gasteiger partial charge in [-0.05, 0) is 25.3 Å². The van der Waals surface area contributed by atoms with Crippen molar-refractivity contribution in [2.45, 2.75) is 25.9 Å². The second-order valence-electron chi connectivity index (χ2n) is 7.21. The van der Waals surface area contributed by atoms with Gasteiger partial charge in [0, 0.05) is 12.7 Å². The van der Waals surface area contributed by atoms with Crippen molar-refractivity contribution in [2.75, 3.05) is 25.6 Å². The fourth-order valence-corrected chi connectivity index (χ4v) is 3.14. The number of carbonyl (C=O) groups excluding carboxylic acids is 1. The second kappa shape index (κ2) is 11.7. The zero-order chi connectivity index (χ0) is 23.6. The normalized spacial score (nSPS) is 12.5. The third kappa shape index (κ3) is 6.35. The molecule has 10 nitrogen and oxygen atoms in total. The van der Waals surface area contributed by atoms with Crippen molar-refractivity contribution in [3.8, 4) is 11.8 Å². The summed E-state index contributed by atoms with van der Waals surface area (Å²) >= 11 is 0. The molecule has 0 fully saturated rings. The van der Waals surface area contributed by atoms with Crippen molar-refractivity contribution in [3.63, 3.8) is 0 Å². The van der Waals surface area contributed by atoms with E-state index >= 15 is 0 Å². The summed E-state index contributed by atoms with van der Waals surface area (Å²) in [7, 11) is 1.58. The Morgan fingerprint density at radius 3 is 2.70 bits per heavy atom. The van der Waals surface area contributed by atoms with Crippen molar-refractivity contribution in [1.82, 2.24) is 15.1 Å². The molecule has 10 heteroatoms. The number of aromatic nitrogens is 3. The Hall–Kier alpha value is -3.81. The number of amides is 1. The van der Waals surface area contributed by atoms with Gasteiger partial charge in [-0.2, -0.15) is 5.26 Å². The highest BCUT2D eigenvalue weighted by Crippen LogP contribution is 2.26. The van der Waals surface area contributed by atoms with Crippen LogP contribution in [0, 0.1) is 24.2 Å². The van der Waals surface area contributed by atoms with Gasteiger partial charge in [-0.15, -0.1) is 0 Å². The van der Waals surface area contributed by atoms with Gasteiger partial charge in [0.05, 0.1) is 30.8 Å². The summed E-state index contributed by atoms with van der Waals surface area (Å²) in [4.78, 5) is 21.3. The summed E-state index contributed by atoms with van der Waals surface area (Å²) in [5, 5.41) is 26.0. The van der Waals surface area contributed by atoms with E-state index in [-0.39, 0.29) is 11.5 Å². The molecule has 2 heterocycles. The maximum atomic E-state index is 12.7. The van der Waals surface area contributed by atoms with Crippen LogP contribution in [0.5, 0.6) is 5.75 Å². The van der Waals surface area contributed by atoms with E-state index in [0.717, 1.165) is 5.56 Å². The van der Waals surface area contributed by atoms with Crippen molar-refractivity contribution in [2.24, 2.45) is 5.92 Å². The Bertz CT molecular complexity index is 1100. The maximum Gasteiger partial charge on any atom is 0.247 e. The first-order valence-electron chi connectivity index (χ1n) is 10.3. The molecule has 3 aromatic rings. The highest BCUT2D eigenvalue weighted by Gasteiger charge is 2.31. The van der Waals surface area contributed by atoms with Crippen LogP contribution in [0.15, 0.2) is 47.2 Å². The molecule has 2 atom stereocenters. The number of benzene rings is 1. The lowest BCUT2D eigenvalue weighted by Crippen LogP contribution is -2.28. The number of carbonyl (C=O) groups is 1. The molecule has 0 bridgehead atoms. The number of nitrogens with zero attached hydrogens (tertiary/aromatic N) is 4. The number of nitrogens with one attached hydrogen (secondary N) is 1. The van der Waals surface area contributed by atoms with Crippen molar-refractivity contribution < 1.29 is 23.9 Å². The topological polar surface area (TPSA) is 143 Å². The van der Waals surface area contributed by atoms with E-state index in [2.05, 4.69) is 20.4 Å². The van der Waals surface area contributed by atoms with Gasteiger partial charge < -0.3 is 19.1 Å². The molecular weight excluding hydrogens is 426 g/mol. The molecule has 33 heavy (non-hydrogen) atoms. The molecule has 2 N–H and O–H groups in total. The number of anilines is 1. The Labute approximate surface area is 191 Å². The molecule has 1 aromatic carbocycles. The van der Waals surface area contributed by atoms with Crippen LogP contribution in [-0.2, 0) is 22.4 Å². The quantitative estimate of drug-likeness (QED) is 0.420. The summed E-state index contributed by atoms with van der Waals surface area (Å²) in [6.45, 7) is 2.31. The van der Waals surface area contributed by atoms with Crippen LogP contribution >= 0.6 is 0 Å². The predicted octanol–water partition coefficient (Wildman–Crippen LogP) is 2.40. The van der Waals surface area contributed by atoms with E-state index in [9.17, 15) is 15.2 Å². The smallest absolute Gasteiger partial charge is 0.247 e.